The molecule has 0 spiro atoms. The zero-order valence-electron chi connectivity index (χ0n) is 28.9. The van der Waals surface area contributed by atoms with E-state index in [9.17, 15) is 31.9 Å². The summed E-state index contributed by atoms with van der Waals surface area (Å²) >= 11 is 3.36. The average Bonchev–Trinajstić information content (AvgIpc) is 3.08. The molecule has 5 aromatic carbocycles. The molecule has 0 aliphatic rings. The number of Topliss-reactive ketones (excluding diaryl/α,β-unsaturated/α-hetero) is 2. The molecule has 0 unspecified atom stereocenters. The molecule has 0 aromatic heterocycles. The highest BCUT2D eigenvalue weighted by Gasteiger charge is 2.04. The molecule has 0 atom stereocenters. The molecular weight excluding hydrogens is 732 g/mol. The van der Waals surface area contributed by atoms with Crippen LogP contribution in [0, 0.1) is 44.0 Å². The number of hydrogen-bond donors (Lipinski definition) is 2. The van der Waals surface area contributed by atoms with Gasteiger partial charge in [0.05, 0.1) is 0 Å². The Morgan fingerprint density at radius 1 is 0.588 bits per heavy atom. The first-order chi connectivity index (χ1) is 23.9. The number of halogens is 5. The first kappa shape index (κ1) is 43.7. The van der Waals surface area contributed by atoms with E-state index >= 15 is 0 Å². The van der Waals surface area contributed by atoms with Gasteiger partial charge >= 0.3 is 5.97 Å². The van der Waals surface area contributed by atoms with Crippen LogP contribution in [-0.4, -0.2) is 27.7 Å². The number of phenolic OH excluding ortho intramolecular Hbond substituents is 2. The second-order valence-electron chi connectivity index (χ2n) is 10.8. The molecule has 5 aromatic rings. The van der Waals surface area contributed by atoms with Crippen molar-refractivity contribution in [2.45, 2.75) is 46.9 Å². The van der Waals surface area contributed by atoms with Crippen LogP contribution >= 0.6 is 15.9 Å². The summed E-state index contributed by atoms with van der Waals surface area (Å²) in [5.74, 6) is -2.82. The molecule has 5 rings (SSSR count). The van der Waals surface area contributed by atoms with Crippen LogP contribution in [0.3, 0.4) is 0 Å². The van der Waals surface area contributed by atoms with E-state index in [0.29, 0.717) is 22.3 Å². The average molecular weight is 772 g/mol. The van der Waals surface area contributed by atoms with Crippen LogP contribution in [0.1, 0.15) is 63.7 Å². The van der Waals surface area contributed by atoms with Crippen molar-refractivity contribution in [1.29, 1.82) is 0 Å². The molecule has 0 aliphatic heterocycles. The third kappa shape index (κ3) is 17.3. The van der Waals surface area contributed by atoms with Gasteiger partial charge < -0.3 is 14.9 Å². The van der Waals surface area contributed by atoms with E-state index in [1.54, 1.807) is 45.0 Å². The van der Waals surface area contributed by atoms with Gasteiger partial charge in [-0.05, 0) is 93.3 Å². The highest BCUT2D eigenvalue weighted by atomic mass is 79.9. The monoisotopic (exact) mass is 770 g/mol. The van der Waals surface area contributed by atoms with Crippen molar-refractivity contribution in [3.8, 4) is 17.2 Å². The number of aromatic hydroxyl groups is 2. The number of carbonyl (C=O) groups excluding carboxylic acids is 3. The Labute approximate surface area is 303 Å². The standard InChI is InChI=1S/C9H9FO2.C9H9FO.C8H7FO2.C7H7Br.C7H7FO/c1-6-3-4-8(5-9(6)10)12-7(2)11;1-6-3-4-8(7(2)11)5-9(6)10;1-5(10)6-2-3-8(11)7(9)4-6;8-6-7-4-2-1-3-5-7;1-5-2-3-6(9)4-7(5)8/h3-5H,1-2H3;3-5H,1-2H3;2-4,11H,1H3;1-5H,6H2;2-4,9H,1H3. The zero-order chi connectivity index (χ0) is 38.7. The van der Waals surface area contributed by atoms with Crippen molar-refractivity contribution < 1.29 is 46.9 Å². The van der Waals surface area contributed by atoms with Gasteiger partial charge in [0.15, 0.2) is 23.1 Å². The van der Waals surface area contributed by atoms with E-state index in [2.05, 4.69) is 32.8 Å². The van der Waals surface area contributed by atoms with Gasteiger partial charge in [0.25, 0.3) is 0 Å². The number of phenols is 2. The fourth-order valence-electron chi connectivity index (χ4n) is 3.49. The number of hydrogen-bond acceptors (Lipinski definition) is 6. The van der Waals surface area contributed by atoms with Gasteiger partial charge in [-0.15, -0.1) is 0 Å². The Kier molecular flexibility index (Phi) is 19.2. The number of ketones is 2. The Bertz CT molecular complexity index is 1840. The maximum Gasteiger partial charge on any atom is 0.308 e. The van der Waals surface area contributed by atoms with Crippen molar-refractivity contribution in [3.05, 3.63) is 160 Å². The molecule has 0 aliphatic carbocycles. The molecular formula is C40H39BrF4O6. The SMILES string of the molecule is BrCc1ccccc1.CC(=O)Oc1ccc(C)c(F)c1.CC(=O)c1ccc(C)c(F)c1.CC(=O)c1ccc(O)c(F)c1.Cc1ccc(O)cc1F. The molecule has 0 heterocycles. The third-order valence-corrected chi connectivity index (χ3v) is 7.14. The fourth-order valence-corrected chi connectivity index (χ4v) is 3.86. The number of alkyl halides is 1. The number of ether oxygens (including phenoxy) is 1. The van der Waals surface area contributed by atoms with Gasteiger partial charge in [0.2, 0.25) is 0 Å². The van der Waals surface area contributed by atoms with E-state index in [0.717, 1.165) is 23.5 Å². The van der Waals surface area contributed by atoms with Crippen molar-refractivity contribution in [2.75, 3.05) is 0 Å². The van der Waals surface area contributed by atoms with Gasteiger partial charge in [-0.25, -0.2) is 17.6 Å². The van der Waals surface area contributed by atoms with Crippen LogP contribution in [0.25, 0.3) is 0 Å². The molecule has 0 amide bonds. The first-order valence-corrected chi connectivity index (χ1v) is 16.3. The third-order valence-electron chi connectivity index (χ3n) is 6.49. The molecule has 6 nitrogen and oxygen atoms in total. The second kappa shape index (κ2) is 22.4. The van der Waals surface area contributed by atoms with Crippen molar-refractivity contribution >= 4 is 33.5 Å². The molecule has 0 saturated carbocycles. The second-order valence-corrected chi connectivity index (χ2v) is 11.4. The lowest BCUT2D eigenvalue weighted by Gasteiger charge is -2.01. The Morgan fingerprint density at radius 3 is 1.43 bits per heavy atom. The quantitative estimate of drug-likeness (QED) is 0.0620. The van der Waals surface area contributed by atoms with Gasteiger partial charge in [-0.2, -0.15) is 0 Å². The molecule has 0 fully saturated rings. The highest BCUT2D eigenvalue weighted by molar-refractivity contribution is 9.08. The lowest BCUT2D eigenvalue weighted by molar-refractivity contribution is -0.131. The van der Waals surface area contributed by atoms with Crippen molar-refractivity contribution in [1.82, 2.24) is 0 Å². The van der Waals surface area contributed by atoms with Crippen LogP contribution in [0.5, 0.6) is 17.2 Å². The molecule has 0 radical (unpaired) electrons. The molecule has 270 valence electrons. The molecule has 0 saturated heterocycles. The molecule has 11 heteroatoms. The predicted molar refractivity (Wildman–Crippen MR) is 194 cm³/mol. The number of esters is 1. The lowest BCUT2D eigenvalue weighted by Crippen LogP contribution is -2.01. The van der Waals surface area contributed by atoms with Gasteiger partial charge in [0.1, 0.15) is 29.0 Å². The molecule has 0 bridgehead atoms. The maximum atomic E-state index is 12.8. The summed E-state index contributed by atoms with van der Waals surface area (Å²) in [6, 6.07) is 26.7. The Balaban J connectivity index is 0.000000321. The normalized spacial score (nSPS) is 9.55. The smallest absolute Gasteiger partial charge is 0.308 e. The Hall–Kier alpha value is -5.29. The van der Waals surface area contributed by atoms with E-state index in [1.165, 1.54) is 56.7 Å². The van der Waals surface area contributed by atoms with Crippen LogP contribution in [0.4, 0.5) is 17.6 Å². The fraction of sp³-hybridized carbons (Fsp3) is 0.175. The minimum absolute atomic E-state index is 0.0295. The number of rotatable bonds is 4. The number of aryl methyl sites for hydroxylation is 3. The summed E-state index contributed by atoms with van der Waals surface area (Å²) < 4.78 is 55.3. The van der Waals surface area contributed by atoms with Gasteiger partial charge in [-0.3, -0.25) is 14.4 Å². The van der Waals surface area contributed by atoms with Gasteiger partial charge in [-0.1, -0.05) is 70.5 Å². The number of carbonyl (C=O) groups is 3. The summed E-state index contributed by atoms with van der Waals surface area (Å²) in [5, 5.41) is 18.4. The topological polar surface area (TPSA) is 101 Å². The number of benzene rings is 5. The van der Waals surface area contributed by atoms with Crippen LogP contribution in [0.15, 0.2) is 103 Å². The van der Waals surface area contributed by atoms with Crippen LogP contribution in [0.2, 0.25) is 0 Å². The summed E-state index contributed by atoms with van der Waals surface area (Å²) in [7, 11) is 0. The zero-order valence-corrected chi connectivity index (χ0v) is 30.5. The van der Waals surface area contributed by atoms with E-state index < -0.39 is 17.5 Å². The summed E-state index contributed by atoms with van der Waals surface area (Å²) in [4.78, 5) is 31.9. The minimum Gasteiger partial charge on any atom is -0.508 e. The van der Waals surface area contributed by atoms with E-state index in [4.69, 9.17) is 10.2 Å². The molecule has 51 heavy (non-hydrogen) atoms. The Morgan fingerprint density at radius 2 is 1.04 bits per heavy atom. The first-order valence-electron chi connectivity index (χ1n) is 15.2. The molecule has 2 N–H and O–H groups in total. The van der Waals surface area contributed by atoms with Crippen LogP contribution in [-0.2, 0) is 10.1 Å². The largest absolute Gasteiger partial charge is 0.508 e. The van der Waals surface area contributed by atoms with Crippen molar-refractivity contribution in [2.24, 2.45) is 0 Å². The lowest BCUT2D eigenvalue weighted by atomic mass is 10.1. The summed E-state index contributed by atoms with van der Waals surface area (Å²) in [6.45, 7) is 8.99. The predicted octanol–water partition coefficient (Wildman–Crippen LogP) is 10.6. The summed E-state index contributed by atoms with van der Waals surface area (Å²) in [6.07, 6.45) is 0. The van der Waals surface area contributed by atoms with Crippen molar-refractivity contribution in [3.63, 3.8) is 0 Å². The van der Waals surface area contributed by atoms with E-state index in [-0.39, 0.29) is 46.1 Å². The summed E-state index contributed by atoms with van der Waals surface area (Å²) in [5.41, 5.74) is 3.66. The van der Waals surface area contributed by atoms with Gasteiger partial charge in [0, 0.05) is 35.5 Å². The van der Waals surface area contributed by atoms with E-state index in [1.807, 2.05) is 18.2 Å². The maximum absolute atomic E-state index is 12.8. The van der Waals surface area contributed by atoms with Crippen LogP contribution < -0.4 is 4.74 Å². The minimum atomic E-state index is -0.766. The highest BCUT2D eigenvalue weighted by Crippen LogP contribution is 2.17.